The lowest BCUT2D eigenvalue weighted by atomic mass is 10.1. The van der Waals surface area contributed by atoms with Gasteiger partial charge in [0.1, 0.15) is 6.26 Å². The van der Waals surface area contributed by atoms with Gasteiger partial charge in [0.2, 0.25) is 0 Å². The summed E-state index contributed by atoms with van der Waals surface area (Å²) in [5.74, 6) is -0.153. The molecule has 0 bridgehead atoms. The number of hydrogen-bond donors (Lipinski definition) is 1. The normalized spacial score (nSPS) is 10.4. The molecule has 1 N–H and O–H groups in total. The highest BCUT2D eigenvalue weighted by molar-refractivity contribution is 7.08. The molecule has 5 heteroatoms. The van der Waals surface area contributed by atoms with E-state index >= 15 is 0 Å². The Hall–Kier alpha value is -2.40. The van der Waals surface area contributed by atoms with E-state index in [1.165, 1.54) is 12.5 Å². The van der Waals surface area contributed by atoms with E-state index in [1.807, 2.05) is 17.6 Å². The molecule has 3 rings (SSSR count). The van der Waals surface area contributed by atoms with E-state index in [0.717, 1.165) is 16.7 Å². The molecule has 1 amide bonds. The molecule has 0 spiro atoms. The zero-order chi connectivity index (χ0) is 13.8. The molecule has 0 radical (unpaired) electrons. The van der Waals surface area contributed by atoms with Crippen molar-refractivity contribution in [3.05, 3.63) is 65.0 Å². The second-order valence-corrected chi connectivity index (χ2v) is 5.07. The monoisotopic (exact) mass is 284 g/mol. The Bertz CT molecular complexity index is 691. The summed E-state index contributed by atoms with van der Waals surface area (Å²) >= 11 is 1.65. The summed E-state index contributed by atoms with van der Waals surface area (Å²) in [6.45, 7) is 0.439. The van der Waals surface area contributed by atoms with Gasteiger partial charge < -0.3 is 9.73 Å². The fourth-order valence-corrected chi connectivity index (χ4v) is 2.51. The van der Waals surface area contributed by atoms with E-state index in [9.17, 15) is 4.79 Å². The van der Waals surface area contributed by atoms with Crippen LogP contribution in [0.25, 0.3) is 11.1 Å². The second kappa shape index (κ2) is 5.71. The largest absolute Gasteiger partial charge is 0.472 e. The smallest absolute Gasteiger partial charge is 0.254 e. The summed E-state index contributed by atoms with van der Waals surface area (Å²) in [6.07, 6.45) is 6.48. The minimum absolute atomic E-state index is 0.153. The molecular formula is C15H12N2O2S. The van der Waals surface area contributed by atoms with E-state index in [1.54, 1.807) is 23.6 Å². The van der Waals surface area contributed by atoms with Crippen LogP contribution in [0.5, 0.6) is 0 Å². The van der Waals surface area contributed by atoms with Crippen LogP contribution in [0.4, 0.5) is 0 Å². The number of nitrogens with one attached hydrogen (secondary N) is 1. The van der Waals surface area contributed by atoms with E-state index in [0.29, 0.717) is 12.1 Å². The van der Waals surface area contributed by atoms with Gasteiger partial charge in [0.05, 0.1) is 11.8 Å². The quantitative estimate of drug-likeness (QED) is 0.799. The van der Waals surface area contributed by atoms with Crippen LogP contribution in [0.3, 0.4) is 0 Å². The van der Waals surface area contributed by atoms with Gasteiger partial charge >= 0.3 is 0 Å². The Kier molecular flexibility index (Phi) is 3.60. The van der Waals surface area contributed by atoms with Crippen molar-refractivity contribution in [3.8, 4) is 11.1 Å². The number of amides is 1. The van der Waals surface area contributed by atoms with Crippen molar-refractivity contribution in [2.75, 3.05) is 0 Å². The molecule has 4 nitrogen and oxygen atoms in total. The number of carbonyl (C=O) groups excluding carboxylic acids is 1. The van der Waals surface area contributed by atoms with E-state index in [4.69, 9.17) is 4.42 Å². The number of nitrogens with zero attached hydrogens (tertiary/aromatic N) is 1. The lowest BCUT2D eigenvalue weighted by molar-refractivity contribution is 0.0950. The van der Waals surface area contributed by atoms with Crippen molar-refractivity contribution in [1.82, 2.24) is 10.3 Å². The van der Waals surface area contributed by atoms with Crippen LogP contribution in [-0.4, -0.2) is 10.9 Å². The second-order valence-electron chi connectivity index (χ2n) is 4.29. The Morgan fingerprint density at radius 3 is 3.00 bits per heavy atom. The maximum absolute atomic E-state index is 11.8. The van der Waals surface area contributed by atoms with E-state index in [2.05, 4.69) is 21.7 Å². The van der Waals surface area contributed by atoms with Gasteiger partial charge in [-0.05, 0) is 40.1 Å². The number of carbonyl (C=O) groups is 1. The van der Waals surface area contributed by atoms with Gasteiger partial charge in [-0.15, -0.1) is 0 Å². The van der Waals surface area contributed by atoms with Crippen molar-refractivity contribution >= 4 is 17.2 Å². The molecule has 20 heavy (non-hydrogen) atoms. The molecule has 0 fully saturated rings. The van der Waals surface area contributed by atoms with Gasteiger partial charge in [-0.3, -0.25) is 9.78 Å². The van der Waals surface area contributed by atoms with Crippen molar-refractivity contribution in [2.24, 2.45) is 0 Å². The molecule has 0 saturated carbocycles. The number of hydrogen-bond acceptors (Lipinski definition) is 4. The maximum atomic E-state index is 11.8. The summed E-state index contributed by atoms with van der Waals surface area (Å²) in [4.78, 5) is 16.0. The van der Waals surface area contributed by atoms with Crippen LogP contribution >= 0.6 is 11.3 Å². The first-order chi connectivity index (χ1) is 9.83. The number of furan rings is 1. The van der Waals surface area contributed by atoms with Crippen molar-refractivity contribution in [3.63, 3.8) is 0 Å². The minimum Gasteiger partial charge on any atom is -0.472 e. The molecule has 0 unspecified atom stereocenters. The lowest BCUT2D eigenvalue weighted by Crippen LogP contribution is -2.22. The zero-order valence-corrected chi connectivity index (χ0v) is 11.4. The average molecular weight is 284 g/mol. The van der Waals surface area contributed by atoms with Crippen LogP contribution in [-0.2, 0) is 6.54 Å². The van der Waals surface area contributed by atoms with Crippen molar-refractivity contribution in [2.45, 2.75) is 6.54 Å². The lowest BCUT2D eigenvalue weighted by Gasteiger charge is -2.05. The van der Waals surface area contributed by atoms with Gasteiger partial charge in [0.15, 0.2) is 0 Å². The topological polar surface area (TPSA) is 55.1 Å². The molecule has 0 aliphatic carbocycles. The SMILES string of the molecule is O=C(NCc1cncc(-c2ccsc2)c1)c1ccoc1. The van der Waals surface area contributed by atoms with Crippen molar-refractivity contribution < 1.29 is 9.21 Å². The number of rotatable bonds is 4. The highest BCUT2D eigenvalue weighted by Gasteiger charge is 2.07. The minimum atomic E-state index is -0.153. The molecule has 3 aromatic rings. The summed E-state index contributed by atoms with van der Waals surface area (Å²) < 4.78 is 4.88. The standard InChI is InChI=1S/C15H12N2O2S/c18-15(12-1-3-19-9-12)17-7-11-5-14(8-16-6-11)13-2-4-20-10-13/h1-6,8-10H,7H2,(H,17,18). The number of thiophene rings is 1. The Balaban J connectivity index is 1.69. The molecule has 0 saturated heterocycles. The average Bonchev–Trinajstić information content (AvgIpc) is 3.17. The predicted molar refractivity (Wildman–Crippen MR) is 77.4 cm³/mol. The molecule has 0 atom stereocenters. The highest BCUT2D eigenvalue weighted by atomic mass is 32.1. The van der Waals surface area contributed by atoms with Gasteiger partial charge in [-0.25, -0.2) is 0 Å². The van der Waals surface area contributed by atoms with Gasteiger partial charge in [-0.1, -0.05) is 0 Å². The molecule has 0 aromatic carbocycles. The third-order valence-electron chi connectivity index (χ3n) is 2.89. The van der Waals surface area contributed by atoms with Gasteiger partial charge in [0.25, 0.3) is 5.91 Å². The van der Waals surface area contributed by atoms with Gasteiger partial charge in [0, 0.05) is 24.5 Å². The third-order valence-corrected chi connectivity index (χ3v) is 3.57. The molecule has 0 aliphatic heterocycles. The molecular weight excluding hydrogens is 272 g/mol. The Morgan fingerprint density at radius 1 is 1.30 bits per heavy atom. The van der Waals surface area contributed by atoms with Crippen LogP contribution < -0.4 is 5.32 Å². The number of pyridine rings is 1. The maximum Gasteiger partial charge on any atom is 0.254 e. The van der Waals surface area contributed by atoms with Crippen LogP contribution in [0.1, 0.15) is 15.9 Å². The molecule has 100 valence electrons. The number of aromatic nitrogens is 1. The summed E-state index contributed by atoms with van der Waals surface area (Å²) in [5, 5.41) is 6.94. The summed E-state index contributed by atoms with van der Waals surface area (Å²) in [5.41, 5.74) is 3.68. The first-order valence-corrected chi connectivity index (χ1v) is 7.04. The fraction of sp³-hybridized carbons (Fsp3) is 0.0667. The Morgan fingerprint density at radius 2 is 2.25 bits per heavy atom. The molecule has 3 aromatic heterocycles. The zero-order valence-electron chi connectivity index (χ0n) is 10.6. The third kappa shape index (κ3) is 2.78. The first kappa shape index (κ1) is 12.6. The Labute approximate surface area is 120 Å². The molecule has 0 aliphatic rings. The van der Waals surface area contributed by atoms with Crippen LogP contribution in [0.15, 0.2) is 58.3 Å². The first-order valence-electron chi connectivity index (χ1n) is 6.10. The summed E-state index contributed by atoms with van der Waals surface area (Å²) in [6, 6.07) is 5.72. The van der Waals surface area contributed by atoms with Gasteiger partial charge in [-0.2, -0.15) is 11.3 Å². The summed E-state index contributed by atoms with van der Waals surface area (Å²) in [7, 11) is 0. The highest BCUT2D eigenvalue weighted by Crippen LogP contribution is 2.21. The van der Waals surface area contributed by atoms with E-state index in [-0.39, 0.29) is 5.91 Å². The van der Waals surface area contributed by atoms with Crippen LogP contribution in [0.2, 0.25) is 0 Å². The predicted octanol–water partition coefficient (Wildman–Crippen LogP) is 3.33. The van der Waals surface area contributed by atoms with E-state index < -0.39 is 0 Å². The fourth-order valence-electron chi connectivity index (χ4n) is 1.85. The van der Waals surface area contributed by atoms with Crippen molar-refractivity contribution in [1.29, 1.82) is 0 Å². The molecule has 3 heterocycles. The van der Waals surface area contributed by atoms with Crippen LogP contribution in [0, 0.1) is 0 Å².